The number of allylic oxidation sites excluding steroid dienone is 1. The van der Waals surface area contributed by atoms with E-state index >= 15 is 0 Å². The van der Waals surface area contributed by atoms with Gasteiger partial charge < -0.3 is 0 Å². The molecule has 56 valence electrons. The molecule has 0 aromatic carbocycles. The van der Waals surface area contributed by atoms with Crippen LogP contribution in [0.25, 0.3) is 6.08 Å². The van der Waals surface area contributed by atoms with E-state index < -0.39 is 0 Å². The fourth-order valence-corrected chi connectivity index (χ4v) is 1.53. The molecule has 0 bridgehead atoms. The number of aryl methyl sites for hydroxylation is 1. The van der Waals surface area contributed by atoms with Gasteiger partial charge in [0.25, 0.3) is 0 Å². The number of hydrogen-bond donors (Lipinski definition) is 0. The number of aromatic nitrogens is 2. The summed E-state index contributed by atoms with van der Waals surface area (Å²) in [5.41, 5.74) is 3.48. The molecular formula is C9H10N2. The number of rotatable bonds is 0. The van der Waals surface area contributed by atoms with Crippen LogP contribution in [0.1, 0.15) is 29.8 Å². The SMILES string of the molecule is Cc1ncnc2c1C(C)C=C2. The summed E-state index contributed by atoms with van der Waals surface area (Å²) in [6, 6.07) is 0. The molecule has 2 nitrogen and oxygen atoms in total. The number of hydrogen-bond acceptors (Lipinski definition) is 2. The first-order valence-electron chi connectivity index (χ1n) is 3.78. The predicted molar refractivity (Wildman–Crippen MR) is 44.2 cm³/mol. The van der Waals surface area contributed by atoms with Crippen molar-refractivity contribution in [3.8, 4) is 0 Å². The molecule has 0 saturated carbocycles. The van der Waals surface area contributed by atoms with E-state index in [1.165, 1.54) is 5.56 Å². The van der Waals surface area contributed by atoms with Crippen molar-refractivity contribution < 1.29 is 0 Å². The van der Waals surface area contributed by atoms with Crippen LogP contribution < -0.4 is 0 Å². The zero-order valence-electron chi connectivity index (χ0n) is 6.70. The van der Waals surface area contributed by atoms with Gasteiger partial charge in [-0.1, -0.05) is 13.0 Å². The molecule has 0 spiro atoms. The first-order valence-corrected chi connectivity index (χ1v) is 3.78. The molecular weight excluding hydrogens is 136 g/mol. The third-order valence-corrected chi connectivity index (χ3v) is 2.11. The van der Waals surface area contributed by atoms with Crippen molar-refractivity contribution in [3.63, 3.8) is 0 Å². The van der Waals surface area contributed by atoms with Crippen LogP contribution in [-0.4, -0.2) is 9.97 Å². The molecule has 0 radical (unpaired) electrons. The summed E-state index contributed by atoms with van der Waals surface area (Å²) in [6.45, 7) is 4.20. The third kappa shape index (κ3) is 0.862. The van der Waals surface area contributed by atoms with E-state index in [0.717, 1.165) is 11.4 Å². The van der Waals surface area contributed by atoms with E-state index in [1.54, 1.807) is 6.33 Å². The van der Waals surface area contributed by atoms with Gasteiger partial charge in [0, 0.05) is 17.2 Å². The molecule has 1 aromatic rings. The molecule has 11 heavy (non-hydrogen) atoms. The highest BCUT2D eigenvalue weighted by molar-refractivity contribution is 5.59. The molecule has 0 aliphatic heterocycles. The molecule has 0 N–H and O–H groups in total. The Balaban J connectivity index is 2.65. The number of nitrogens with zero attached hydrogens (tertiary/aromatic N) is 2. The van der Waals surface area contributed by atoms with Crippen molar-refractivity contribution in [1.82, 2.24) is 9.97 Å². The van der Waals surface area contributed by atoms with Crippen LogP contribution in [0.2, 0.25) is 0 Å². The Hall–Kier alpha value is -1.18. The largest absolute Gasteiger partial charge is 0.241 e. The quantitative estimate of drug-likeness (QED) is 0.558. The van der Waals surface area contributed by atoms with Gasteiger partial charge >= 0.3 is 0 Å². The molecule has 2 heteroatoms. The minimum absolute atomic E-state index is 0.492. The van der Waals surface area contributed by atoms with Gasteiger partial charge in [-0.15, -0.1) is 0 Å². The predicted octanol–water partition coefficient (Wildman–Crippen LogP) is 1.92. The van der Waals surface area contributed by atoms with Gasteiger partial charge in [-0.05, 0) is 13.0 Å². The smallest absolute Gasteiger partial charge is 0.116 e. The lowest BCUT2D eigenvalue weighted by Gasteiger charge is -2.05. The minimum atomic E-state index is 0.492. The number of fused-ring (bicyclic) bond motifs is 1. The van der Waals surface area contributed by atoms with Gasteiger partial charge in [0.2, 0.25) is 0 Å². The van der Waals surface area contributed by atoms with Gasteiger partial charge in [0.05, 0.1) is 5.69 Å². The molecule has 0 amide bonds. The van der Waals surface area contributed by atoms with E-state index in [-0.39, 0.29) is 0 Å². The van der Waals surface area contributed by atoms with E-state index in [2.05, 4.69) is 29.0 Å². The van der Waals surface area contributed by atoms with Crippen LogP contribution >= 0.6 is 0 Å². The zero-order chi connectivity index (χ0) is 7.84. The van der Waals surface area contributed by atoms with E-state index in [1.807, 2.05) is 6.92 Å². The monoisotopic (exact) mass is 146 g/mol. The Morgan fingerprint density at radius 3 is 2.91 bits per heavy atom. The summed E-state index contributed by atoms with van der Waals surface area (Å²) in [7, 11) is 0. The van der Waals surface area contributed by atoms with Crippen molar-refractivity contribution in [2.75, 3.05) is 0 Å². The maximum absolute atomic E-state index is 4.17. The molecule has 1 atom stereocenters. The minimum Gasteiger partial charge on any atom is -0.241 e. The summed E-state index contributed by atoms with van der Waals surface area (Å²) in [5.74, 6) is 0.492. The summed E-state index contributed by atoms with van der Waals surface area (Å²) < 4.78 is 0. The molecule has 1 aliphatic carbocycles. The molecule has 1 aromatic heterocycles. The lowest BCUT2D eigenvalue weighted by molar-refractivity contribution is 0.922. The second kappa shape index (κ2) is 2.16. The second-order valence-electron chi connectivity index (χ2n) is 2.91. The van der Waals surface area contributed by atoms with Gasteiger partial charge in [-0.2, -0.15) is 0 Å². The maximum atomic E-state index is 4.17. The van der Waals surface area contributed by atoms with Crippen molar-refractivity contribution >= 4 is 6.08 Å². The van der Waals surface area contributed by atoms with Crippen LogP contribution in [0.4, 0.5) is 0 Å². The molecule has 2 rings (SSSR count). The molecule has 1 unspecified atom stereocenters. The van der Waals surface area contributed by atoms with Gasteiger partial charge in [0.15, 0.2) is 0 Å². The van der Waals surface area contributed by atoms with Crippen LogP contribution in [0.3, 0.4) is 0 Å². The summed E-state index contributed by atoms with van der Waals surface area (Å²) in [5, 5.41) is 0. The van der Waals surface area contributed by atoms with Crippen LogP contribution in [0, 0.1) is 6.92 Å². The van der Waals surface area contributed by atoms with Gasteiger partial charge in [-0.25, -0.2) is 9.97 Å². The average molecular weight is 146 g/mol. The van der Waals surface area contributed by atoms with Gasteiger partial charge in [-0.3, -0.25) is 0 Å². The summed E-state index contributed by atoms with van der Waals surface area (Å²) >= 11 is 0. The highest BCUT2D eigenvalue weighted by Crippen LogP contribution is 2.28. The van der Waals surface area contributed by atoms with Crippen molar-refractivity contribution in [2.24, 2.45) is 0 Å². The first-order chi connectivity index (χ1) is 5.29. The molecule has 1 heterocycles. The Morgan fingerprint density at radius 2 is 2.18 bits per heavy atom. The summed E-state index contributed by atoms with van der Waals surface area (Å²) in [4.78, 5) is 8.32. The Kier molecular flexibility index (Phi) is 1.28. The van der Waals surface area contributed by atoms with Gasteiger partial charge in [0.1, 0.15) is 6.33 Å². The van der Waals surface area contributed by atoms with Crippen molar-refractivity contribution in [1.29, 1.82) is 0 Å². The molecule has 1 aliphatic rings. The van der Waals surface area contributed by atoms with E-state index in [0.29, 0.717) is 5.92 Å². The Bertz CT molecular complexity index is 315. The van der Waals surface area contributed by atoms with Crippen LogP contribution in [0.15, 0.2) is 12.4 Å². The second-order valence-corrected chi connectivity index (χ2v) is 2.91. The van der Waals surface area contributed by atoms with Crippen LogP contribution in [-0.2, 0) is 0 Å². The van der Waals surface area contributed by atoms with Crippen molar-refractivity contribution in [3.05, 3.63) is 29.4 Å². The Morgan fingerprint density at radius 1 is 1.36 bits per heavy atom. The van der Waals surface area contributed by atoms with E-state index in [4.69, 9.17) is 0 Å². The lowest BCUT2D eigenvalue weighted by atomic mass is 10.0. The fourth-order valence-electron chi connectivity index (χ4n) is 1.53. The standard InChI is InChI=1S/C9H10N2/c1-6-3-4-8-9(6)7(2)10-5-11-8/h3-6H,1-2H3. The van der Waals surface area contributed by atoms with Crippen LogP contribution in [0.5, 0.6) is 0 Å². The average Bonchev–Trinajstić information content (AvgIpc) is 2.34. The molecule has 0 fully saturated rings. The highest BCUT2D eigenvalue weighted by Gasteiger charge is 2.16. The zero-order valence-corrected chi connectivity index (χ0v) is 6.70. The third-order valence-electron chi connectivity index (χ3n) is 2.11. The normalized spacial score (nSPS) is 20.4. The van der Waals surface area contributed by atoms with E-state index in [9.17, 15) is 0 Å². The molecule has 0 saturated heterocycles. The Labute approximate surface area is 66.0 Å². The van der Waals surface area contributed by atoms with Crippen molar-refractivity contribution in [2.45, 2.75) is 19.8 Å². The summed E-state index contributed by atoms with van der Waals surface area (Å²) in [6.07, 6.45) is 5.84. The first kappa shape index (κ1) is 6.53. The lowest BCUT2D eigenvalue weighted by Crippen LogP contribution is -1.96. The fraction of sp³-hybridized carbons (Fsp3) is 0.333. The topological polar surface area (TPSA) is 25.8 Å². The highest BCUT2D eigenvalue weighted by atomic mass is 14.8. The maximum Gasteiger partial charge on any atom is 0.116 e.